The smallest absolute Gasteiger partial charge is 0.231 e. The first kappa shape index (κ1) is 9.83. The largest absolute Gasteiger partial charge is 0.496 e. The maximum absolute atomic E-state index is 5.82. The van der Waals surface area contributed by atoms with Crippen LogP contribution in [0.3, 0.4) is 0 Å². The van der Waals surface area contributed by atoms with Crippen molar-refractivity contribution in [2.24, 2.45) is 0 Å². The van der Waals surface area contributed by atoms with Gasteiger partial charge >= 0.3 is 0 Å². The Labute approximate surface area is 97.3 Å². The van der Waals surface area contributed by atoms with Gasteiger partial charge in [0.05, 0.1) is 24.7 Å². The molecule has 88 valence electrons. The molecule has 0 atom stereocenters. The molecule has 0 aliphatic carbocycles. The number of ether oxygens (including phenoxy) is 3. The summed E-state index contributed by atoms with van der Waals surface area (Å²) in [6.45, 7) is 0.223. The molecular weight excluding hydrogens is 222 g/mol. The SMILES string of the molecule is COc1cc2c(cc1-c1[nH]ncc1N)OCO2. The van der Waals surface area contributed by atoms with E-state index in [0.717, 1.165) is 5.56 Å². The van der Waals surface area contributed by atoms with E-state index >= 15 is 0 Å². The molecular formula is C11H11N3O3. The summed E-state index contributed by atoms with van der Waals surface area (Å²) in [4.78, 5) is 0. The van der Waals surface area contributed by atoms with E-state index < -0.39 is 0 Å². The number of nitrogen functional groups attached to an aromatic ring is 1. The predicted molar refractivity (Wildman–Crippen MR) is 61.1 cm³/mol. The normalized spacial score (nSPS) is 12.8. The van der Waals surface area contributed by atoms with Crippen molar-refractivity contribution < 1.29 is 14.2 Å². The Balaban J connectivity index is 2.19. The van der Waals surface area contributed by atoms with Gasteiger partial charge in [0.15, 0.2) is 11.5 Å². The molecule has 0 amide bonds. The van der Waals surface area contributed by atoms with Crippen molar-refractivity contribution >= 4 is 5.69 Å². The lowest BCUT2D eigenvalue weighted by Gasteiger charge is -2.08. The van der Waals surface area contributed by atoms with Gasteiger partial charge in [-0.15, -0.1) is 0 Å². The van der Waals surface area contributed by atoms with Gasteiger partial charge in [-0.25, -0.2) is 0 Å². The Bertz CT molecular complexity index is 565. The molecule has 0 spiro atoms. The summed E-state index contributed by atoms with van der Waals surface area (Å²) in [6.07, 6.45) is 1.55. The van der Waals surface area contributed by atoms with Crippen LogP contribution in [0.25, 0.3) is 11.3 Å². The van der Waals surface area contributed by atoms with E-state index in [0.29, 0.717) is 28.6 Å². The highest BCUT2D eigenvalue weighted by molar-refractivity contribution is 5.79. The Hall–Kier alpha value is -2.37. The zero-order valence-corrected chi connectivity index (χ0v) is 9.19. The van der Waals surface area contributed by atoms with Crippen LogP contribution in [0.2, 0.25) is 0 Å². The fourth-order valence-corrected chi connectivity index (χ4v) is 1.80. The molecule has 0 fully saturated rings. The second-order valence-corrected chi connectivity index (χ2v) is 3.61. The van der Waals surface area contributed by atoms with Crippen LogP contribution in [-0.4, -0.2) is 24.1 Å². The van der Waals surface area contributed by atoms with Crippen molar-refractivity contribution in [1.29, 1.82) is 0 Å². The fourth-order valence-electron chi connectivity index (χ4n) is 1.80. The van der Waals surface area contributed by atoms with E-state index in [1.54, 1.807) is 19.4 Å². The molecule has 2 aromatic rings. The topological polar surface area (TPSA) is 82.4 Å². The number of rotatable bonds is 2. The number of H-pyrrole nitrogens is 1. The molecule has 0 radical (unpaired) electrons. The molecule has 0 unspecified atom stereocenters. The number of aromatic amines is 1. The van der Waals surface area contributed by atoms with Gasteiger partial charge < -0.3 is 19.9 Å². The van der Waals surface area contributed by atoms with E-state index in [2.05, 4.69) is 10.2 Å². The Kier molecular flexibility index (Phi) is 2.07. The number of methoxy groups -OCH3 is 1. The van der Waals surface area contributed by atoms with Crippen LogP contribution in [0.1, 0.15) is 0 Å². The first-order valence-electron chi connectivity index (χ1n) is 5.06. The second kappa shape index (κ2) is 3.58. The molecule has 3 rings (SSSR count). The number of nitrogens with zero attached hydrogens (tertiary/aromatic N) is 1. The zero-order valence-electron chi connectivity index (χ0n) is 9.19. The molecule has 6 heteroatoms. The summed E-state index contributed by atoms with van der Waals surface area (Å²) in [7, 11) is 1.59. The van der Waals surface area contributed by atoms with E-state index in [4.69, 9.17) is 19.9 Å². The van der Waals surface area contributed by atoms with Crippen molar-refractivity contribution in [3.05, 3.63) is 18.3 Å². The highest BCUT2D eigenvalue weighted by atomic mass is 16.7. The maximum atomic E-state index is 5.82. The number of anilines is 1. The first-order valence-corrected chi connectivity index (χ1v) is 5.06. The molecule has 1 aromatic carbocycles. The van der Waals surface area contributed by atoms with Crippen LogP contribution in [0.4, 0.5) is 5.69 Å². The van der Waals surface area contributed by atoms with E-state index in [1.807, 2.05) is 6.07 Å². The van der Waals surface area contributed by atoms with Gasteiger partial charge in [-0.3, -0.25) is 5.10 Å². The predicted octanol–water partition coefficient (Wildman–Crippen LogP) is 1.40. The minimum atomic E-state index is 0.223. The maximum Gasteiger partial charge on any atom is 0.231 e. The lowest BCUT2D eigenvalue weighted by molar-refractivity contribution is 0.174. The Morgan fingerprint density at radius 3 is 2.76 bits per heavy atom. The minimum Gasteiger partial charge on any atom is -0.496 e. The van der Waals surface area contributed by atoms with Crippen molar-refractivity contribution in [3.8, 4) is 28.5 Å². The van der Waals surface area contributed by atoms with Gasteiger partial charge in [0, 0.05) is 11.6 Å². The third-order valence-corrected chi connectivity index (χ3v) is 2.63. The molecule has 6 nitrogen and oxygen atoms in total. The Morgan fingerprint density at radius 1 is 1.35 bits per heavy atom. The molecule has 0 saturated heterocycles. The molecule has 17 heavy (non-hydrogen) atoms. The summed E-state index contributed by atoms with van der Waals surface area (Å²) >= 11 is 0. The van der Waals surface area contributed by atoms with E-state index in [1.165, 1.54) is 0 Å². The van der Waals surface area contributed by atoms with Crippen LogP contribution in [0.15, 0.2) is 18.3 Å². The van der Waals surface area contributed by atoms with E-state index in [-0.39, 0.29) is 6.79 Å². The molecule has 3 N–H and O–H groups in total. The molecule has 0 saturated carbocycles. The third-order valence-electron chi connectivity index (χ3n) is 2.63. The van der Waals surface area contributed by atoms with Crippen molar-refractivity contribution in [2.75, 3.05) is 19.6 Å². The average Bonchev–Trinajstić information content (AvgIpc) is 2.94. The van der Waals surface area contributed by atoms with Crippen molar-refractivity contribution in [3.63, 3.8) is 0 Å². The summed E-state index contributed by atoms with van der Waals surface area (Å²) < 4.78 is 15.9. The quantitative estimate of drug-likeness (QED) is 0.819. The van der Waals surface area contributed by atoms with Crippen molar-refractivity contribution in [2.45, 2.75) is 0 Å². The van der Waals surface area contributed by atoms with Gasteiger partial charge in [0.2, 0.25) is 6.79 Å². The summed E-state index contributed by atoms with van der Waals surface area (Å²) in [5.74, 6) is 2.00. The van der Waals surface area contributed by atoms with Crippen LogP contribution in [0, 0.1) is 0 Å². The Morgan fingerprint density at radius 2 is 2.12 bits per heavy atom. The molecule has 1 aliphatic rings. The molecule has 2 heterocycles. The molecule has 1 aliphatic heterocycles. The third kappa shape index (κ3) is 1.45. The van der Waals surface area contributed by atoms with Crippen LogP contribution >= 0.6 is 0 Å². The van der Waals surface area contributed by atoms with Crippen LogP contribution in [0.5, 0.6) is 17.2 Å². The number of benzene rings is 1. The highest BCUT2D eigenvalue weighted by Crippen LogP contribution is 2.42. The number of nitrogens with two attached hydrogens (primary N) is 1. The average molecular weight is 233 g/mol. The summed E-state index contributed by atoms with van der Waals surface area (Å²) in [5, 5.41) is 6.73. The van der Waals surface area contributed by atoms with Crippen LogP contribution < -0.4 is 19.9 Å². The molecule has 0 bridgehead atoms. The van der Waals surface area contributed by atoms with Crippen LogP contribution in [-0.2, 0) is 0 Å². The lowest BCUT2D eigenvalue weighted by Crippen LogP contribution is -1.92. The minimum absolute atomic E-state index is 0.223. The van der Waals surface area contributed by atoms with Gasteiger partial charge in [0.25, 0.3) is 0 Å². The number of nitrogens with one attached hydrogen (secondary N) is 1. The van der Waals surface area contributed by atoms with Gasteiger partial charge in [-0.1, -0.05) is 0 Å². The van der Waals surface area contributed by atoms with Gasteiger partial charge in [0.1, 0.15) is 5.75 Å². The standard InChI is InChI=1S/C11H11N3O3/c1-15-8-3-10-9(16-5-17-10)2-6(8)11-7(12)4-13-14-11/h2-4H,5,12H2,1H3,(H,13,14). The number of fused-ring (bicyclic) bond motifs is 1. The summed E-state index contributed by atoms with van der Waals surface area (Å²) in [5.41, 5.74) is 7.88. The van der Waals surface area contributed by atoms with E-state index in [9.17, 15) is 0 Å². The van der Waals surface area contributed by atoms with Gasteiger partial charge in [-0.05, 0) is 6.07 Å². The van der Waals surface area contributed by atoms with Crippen molar-refractivity contribution in [1.82, 2.24) is 10.2 Å². The highest BCUT2D eigenvalue weighted by Gasteiger charge is 2.20. The monoisotopic (exact) mass is 233 g/mol. The number of hydrogen-bond donors (Lipinski definition) is 2. The summed E-state index contributed by atoms with van der Waals surface area (Å²) in [6, 6.07) is 3.60. The zero-order chi connectivity index (χ0) is 11.8. The lowest BCUT2D eigenvalue weighted by atomic mass is 10.1. The number of aromatic nitrogens is 2. The number of hydrogen-bond acceptors (Lipinski definition) is 5. The molecule has 1 aromatic heterocycles. The fraction of sp³-hybridized carbons (Fsp3) is 0.182. The first-order chi connectivity index (χ1) is 8.29. The second-order valence-electron chi connectivity index (χ2n) is 3.61. The van der Waals surface area contributed by atoms with Gasteiger partial charge in [-0.2, -0.15) is 5.10 Å².